The maximum Gasteiger partial charge on any atom is 0.299 e. The Hall–Kier alpha value is -6.19. The zero-order valence-corrected chi connectivity index (χ0v) is 31.9. The Morgan fingerprint density at radius 2 is 1.04 bits per heavy atom. The highest BCUT2D eigenvalue weighted by Gasteiger charge is 2.33. The monoisotopic (exact) mass is 701 g/mol. The Morgan fingerprint density at radius 3 is 1.67 bits per heavy atom. The summed E-state index contributed by atoms with van der Waals surface area (Å²) in [4.78, 5) is 0. The maximum absolute atomic E-state index is 7.15. The molecule has 0 aliphatic heterocycles. The molecule has 0 unspecified atom stereocenters. The molecule has 0 N–H and O–H groups in total. The molecule has 264 valence electrons. The normalized spacial score (nSPS) is 11.9. The summed E-state index contributed by atoms with van der Waals surface area (Å²) in [6, 6.07) is 54.9. The number of rotatable bonds is 7. The second kappa shape index (κ2) is 13.3. The molecule has 0 bridgehead atoms. The van der Waals surface area contributed by atoms with Gasteiger partial charge in [0, 0.05) is 27.5 Å². The highest BCUT2D eigenvalue weighted by Crippen LogP contribution is 2.43. The topological polar surface area (TPSA) is 21.9 Å². The van der Waals surface area contributed by atoms with Crippen molar-refractivity contribution in [1.29, 1.82) is 0 Å². The fourth-order valence-corrected chi connectivity index (χ4v) is 8.38. The van der Waals surface area contributed by atoms with Gasteiger partial charge in [0.25, 0.3) is 5.82 Å². The van der Waals surface area contributed by atoms with Crippen molar-refractivity contribution in [3.8, 4) is 50.5 Å². The van der Waals surface area contributed by atoms with E-state index in [1.807, 2.05) is 0 Å². The van der Waals surface area contributed by atoms with Crippen LogP contribution in [-0.2, 0) is 7.05 Å². The van der Waals surface area contributed by atoms with Crippen molar-refractivity contribution in [2.75, 3.05) is 0 Å². The molecule has 9 rings (SSSR count). The molecule has 9 aromatic rings. The molecule has 2 aromatic heterocycles. The first-order valence-corrected chi connectivity index (χ1v) is 19.1. The molecule has 0 aliphatic carbocycles. The van der Waals surface area contributed by atoms with Crippen LogP contribution in [0.15, 0.2) is 156 Å². The van der Waals surface area contributed by atoms with Gasteiger partial charge in [-0.05, 0) is 64.3 Å². The minimum atomic E-state index is 0.351. The Kier molecular flexibility index (Phi) is 8.31. The lowest BCUT2D eigenvalue weighted by Crippen LogP contribution is -2.30. The van der Waals surface area contributed by atoms with Crippen LogP contribution < -0.4 is 4.57 Å². The molecule has 0 saturated heterocycles. The molecule has 0 atom stereocenters. The zero-order valence-electron chi connectivity index (χ0n) is 31.9. The molecule has 0 radical (unpaired) electrons. The summed E-state index contributed by atoms with van der Waals surface area (Å²) in [7, 11) is 2.20. The third kappa shape index (κ3) is 5.46. The number of aromatic nitrogens is 2. The number of imidazole rings is 1. The highest BCUT2D eigenvalue weighted by atomic mass is 16.3. The van der Waals surface area contributed by atoms with Gasteiger partial charge in [0.05, 0.1) is 7.05 Å². The minimum Gasteiger partial charge on any atom is -0.454 e. The van der Waals surface area contributed by atoms with Crippen LogP contribution in [0.25, 0.3) is 83.4 Å². The summed E-state index contributed by atoms with van der Waals surface area (Å²) < 4.78 is 12.0. The second-order valence-electron chi connectivity index (χ2n) is 15.2. The first-order valence-electron chi connectivity index (χ1n) is 19.1. The molecule has 0 aliphatic rings. The van der Waals surface area contributed by atoms with Crippen LogP contribution in [0, 0.1) is 6.92 Å². The number of furan rings is 1. The van der Waals surface area contributed by atoms with Gasteiger partial charge in [0.15, 0.2) is 16.6 Å². The SMILES string of the molecule is Cc1ccc2c(oc3c(-c4ccc(-c5ccc(-c6ccccc6)cc5)cc4)cccc32)c1-c1n(-c2c(C(C)C)cccc2C(C)C)c2ccccc2[n+]1C. The zero-order chi connectivity index (χ0) is 37.1. The minimum absolute atomic E-state index is 0.351. The smallest absolute Gasteiger partial charge is 0.299 e. The summed E-state index contributed by atoms with van der Waals surface area (Å²) in [5.74, 6) is 1.82. The Labute approximate surface area is 317 Å². The fraction of sp³-hybridized carbons (Fsp3) is 0.157. The van der Waals surface area contributed by atoms with Crippen LogP contribution in [-0.4, -0.2) is 4.57 Å². The van der Waals surface area contributed by atoms with Gasteiger partial charge < -0.3 is 4.42 Å². The number of fused-ring (bicyclic) bond motifs is 4. The van der Waals surface area contributed by atoms with Crippen molar-refractivity contribution in [3.63, 3.8) is 0 Å². The number of hydrogen-bond donors (Lipinski definition) is 0. The quantitative estimate of drug-likeness (QED) is 0.152. The van der Waals surface area contributed by atoms with E-state index in [-0.39, 0.29) is 0 Å². The first kappa shape index (κ1) is 33.6. The third-order valence-corrected chi connectivity index (χ3v) is 11.2. The van der Waals surface area contributed by atoms with Crippen LogP contribution >= 0.6 is 0 Å². The van der Waals surface area contributed by atoms with E-state index in [0.717, 1.165) is 44.5 Å². The molecule has 3 nitrogen and oxygen atoms in total. The van der Waals surface area contributed by atoms with Crippen LogP contribution in [0.3, 0.4) is 0 Å². The van der Waals surface area contributed by atoms with Crippen molar-refractivity contribution in [1.82, 2.24) is 4.57 Å². The molecule has 0 fully saturated rings. The molecular weight excluding hydrogens is 657 g/mol. The first-order chi connectivity index (χ1) is 26.3. The van der Waals surface area contributed by atoms with Crippen molar-refractivity contribution in [2.24, 2.45) is 7.05 Å². The van der Waals surface area contributed by atoms with Gasteiger partial charge in [0.1, 0.15) is 16.8 Å². The third-order valence-electron chi connectivity index (χ3n) is 11.2. The second-order valence-corrected chi connectivity index (χ2v) is 15.2. The Morgan fingerprint density at radius 1 is 0.500 bits per heavy atom. The molecule has 0 amide bonds. The average Bonchev–Trinajstić information content (AvgIpc) is 3.72. The Bertz CT molecular complexity index is 2790. The van der Waals surface area contributed by atoms with Gasteiger partial charge in [-0.25, -0.2) is 4.57 Å². The number of hydrogen-bond acceptors (Lipinski definition) is 1. The van der Waals surface area contributed by atoms with E-state index >= 15 is 0 Å². The predicted molar refractivity (Wildman–Crippen MR) is 226 cm³/mol. The number of benzene rings is 7. The van der Waals surface area contributed by atoms with E-state index in [2.05, 4.69) is 202 Å². The lowest BCUT2D eigenvalue weighted by Gasteiger charge is -2.18. The fourth-order valence-electron chi connectivity index (χ4n) is 8.38. The van der Waals surface area contributed by atoms with Crippen LogP contribution in [0.5, 0.6) is 0 Å². The molecular formula is C51H45N2O+. The lowest BCUT2D eigenvalue weighted by atomic mass is 9.92. The van der Waals surface area contributed by atoms with Crippen molar-refractivity contribution < 1.29 is 8.98 Å². The van der Waals surface area contributed by atoms with E-state index in [4.69, 9.17) is 4.42 Å². The van der Waals surface area contributed by atoms with Crippen molar-refractivity contribution in [2.45, 2.75) is 46.5 Å². The van der Waals surface area contributed by atoms with Crippen LogP contribution in [0.4, 0.5) is 0 Å². The molecule has 0 saturated carbocycles. The van der Waals surface area contributed by atoms with Gasteiger partial charge >= 0.3 is 0 Å². The van der Waals surface area contributed by atoms with Gasteiger partial charge in [0.2, 0.25) is 0 Å². The number of nitrogens with zero attached hydrogens (tertiary/aromatic N) is 2. The van der Waals surface area contributed by atoms with Crippen molar-refractivity contribution >= 4 is 33.0 Å². The summed E-state index contributed by atoms with van der Waals surface area (Å²) in [5, 5.41) is 2.25. The average molecular weight is 702 g/mol. The maximum atomic E-state index is 7.15. The summed E-state index contributed by atoms with van der Waals surface area (Å²) in [6.07, 6.45) is 0. The van der Waals surface area contributed by atoms with E-state index < -0.39 is 0 Å². The van der Waals surface area contributed by atoms with Gasteiger partial charge in [-0.2, -0.15) is 4.57 Å². The molecule has 2 heterocycles. The van der Waals surface area contributed by atoms with Crippen LogP contribution in [0.1, 0.15) is 56.2 Å². The molecule has 0 spiro atoms. The van der Waals surface area contributed by atoms with E-state index in [9.17, 15) is 0 Å². The summed E-state index contributed by atoms with van der Waals surface area (Å²) in [5.41, 5.74) is 17.5. The van der Waals surface area contributed by atoms with E-state index in [1.165, 1.54) is 55.7 Å². The highest BCUT2D eigenvalue weighted by molar-refractivity contribution is 6.13. The number of aryl methyl sites for hydroxylation is 2. The molecule has 54 heavy (non-hydrogen) atoms. The van der Waals surface area contributed by atoms with Gasteiger partial charge in [-0.1, -0.05) is 167 Å². The molecule has 7 aromatic carbocycles. The lowest BCUT2D eigenvalue weighted by molar-refractivity contribution is -0.633. The van der Waals surface area contributed by atoms with Crippen molar-refractivity contribution in [3.05, 3.63) is 168 Å². The summed E-state index contributed by atoms with van der Waals surface area (Å²) in [6.45, 7) is 11.4. The standard InChI is InChI=1S/C51H45N2O/c1-32(2)40-16-12-17-41(33(3)4)48(40)53-46-21-11-10-20-45(46)52(6)51(53)47-34(5)22-31-44-43-19-13-18-42(49(43)54-50(44)47)39-29-27-38(28-30-39)37-25-23-36(24-26-37)35-14-8-7-9-15-35/h7-33H,1-6H3/q+1. The van der Waals surface area contributed by atoms with E-state index in [0.29, 0.717) is 11.8 Å². The Balaban J connectivity index is 1.22. The predicted octanol–water partition coefficient (Wildman–Crippen LogP) is 13.6. The van der Waals surface area contributed by atoms with Crippen LogP contribution in [0.2, 0.25) is 0 Å². The molecule has 3 heteroatoms. The number of para-hydroxylation sites is 4. The van der Waals surface area contributed by atoms with E-state index in [1.54, 1.807) is 0 Å². The van der Waals surface area contributed by atoms with Gasteiger partial charge in [-0.3, -0.25) is 0 Å². The van der Waals surface area contributed by atoms with Gasteiger partial charge in [-0.15, -0.1) is 0 Å². The summed E-state index contributed by atoms with van der Waals surface area (Å²) >= 11 is 0. The largest absolute Gasteiger partial charge is 0.454 e.